The number of nitrogens with zero attached hydrogens (tertiary/aromatic N) is 3. The van der Waals surface area contributed by atoms with E-state index in [0.29, 0.717) is 10.9 Å². The lowest BCUT2D eigenvalue weighted by molar-refractivity contribution is -0.113. The number of hydrogen-bond acceptors (Lipinski definition) is 7. The first-order valence-electron chi connectivity index (χ1n) is 7.80. The predicted molar refractivity (Wildman–Crippen MR) is 97.2 cm³/mol. The zero-order valence-electron chi connectivity index (χ0n) is 13.3. The number of amides is 1. The van der Waals surface area contributed by atoms with E-state index in [2.05, 4.69) is 20.2 Å². The highest BCUT2D eigenvalue weighted by Gasteiger charge is 2.13. The van der Waals surface area contributed by atoms with E-state index in [-0.39, 0.29) is 5.91 Å². The first kappa shape index (κ1) is 17.3. The van der Waals surface area contributed by atoms with E-state index >= 15 is 0 Å². The van der Waals surface area contributed by atoms with Crippen molar-refractivity contribution < 1.29 is 9.53 Å². The highest BCUT2D eigenvalue weighted by atomic mass is 32.2. The lowest BCUT2D eigenvalue weighted by atomic mass is 10.3. The zero-order valence-corrected chi connectivity index (χ0v) is 14.9. The SMILES string of the molecule is O=C(CSCc1cccnc1)Nc1nc(CN2CCOCC2)cs1. The molecule has 8 heteroatoms. The predicted octanol–water partition coefficient (Wildman–Crippen LogP) is 2.24. The molecule has 1 amide bonds. The number of ether oxygens (including phenoxy) is 1. The fourth-order valence-electron chi connectivity index (χ4n) is 2.33. The summed E-state index contributed by atoms with van der Waals surface area (Å²) in [5.74, 6) is 1.17. The molecular formula is C16H20N4O2S2. The highest BCUT2D eigenvalue weighted by molar-refractivity contribution is 7.99. The molecule has 1 aliphatic heterocycles. The summed E-state index contributed by atoms with van der Waals surface area (Å²) in [4.78, 5) is 22.9. The second-order valence-electron chi connectivity index (χ2n) is 5.43. The molecule has 1 saturated heterocycles. The molecule has 0 unspecified atom stereocenters. The number of carbonyl (C=O) groups is 1. The molecule has 0 aliphatic carbocycles. The summed E-state index contributed by atoms with van der Waals surface area (Å²) < 4.78 is 5.34. The number of anilines is 1. The number of thioether (sulfide) groups is 1. The second kappa shape index (κ2) is 9.12. The second-order valence-corrected chi connectivity index (χ2v) is 7.28. The van der Waals surface area contributed by atoms with Gasteiger partial charge in [0.25, 0.3) is 0 Å². The monoisotopic (exact) mass is 364 g/mol. The first-order valence-corrected chi connectivity index (χ1v) is 9.84. The Morgan fingerprint density at radius 2 is 2.29 bits per heavy atom. The lowest BCUT2D eigenvalue weighted by Crippen LogP contribution is -2.35. The highest BCUT2D eigenvalue weighted by Crippen LogP contribution is 2.18. The molecule has 0 radical (unpaired) electrons. The van der Waals surface area contributed by atoms with Gasteiger partial charge < -0.3 is 10.1 Å². The van der Waals surface area contributed by atoms with Crippen LogP contribution in [-0.2, 0) is 21.8 Å². The number of rotatable bonds is 7. The Hall–Kier alpha value is -1.48. The Morgan fingerprint density at radius 1 is 1.42 bits per heavy atom. The van der Waals surface area contributed by atoms with Crippen LogP contribution in [0, 0.1) is 0 Å². The minimum Gasteiger partial charge on any atom is -0.379 e. The van der Waals surface area contributed by atoms with Crippen LogP contribution in [0.15, 0.2) is 29.9 Å². The Labute approximate surface area is 149 Å². The van der Waals surface area contributed by atoms with Crippen molar-refractivity contribution in [2.24, 2.45) is 0 Å². The van der Waals surface area contributed by atoms with Gasteiger partial charge in [0, 0.05) is 43.2 Å². The fraction of sp³-hybridized carbons (Fsp3) is 0.438. The van der Waals surface area contributed by atoms with Gasteiger partial charge in [0.1, 0.15) is 0 Å². The van der Waals surface area contributed by atoms with Crippen LogP contribution in [0.4, 0.5) is 5.13 Å². The van der Waals surface area contributed by atoms with E-state index in [4.69, 9.17) is 4.74 Å². The van der Waals surface area contributed by atoms with Crippen molar-refractivity contribution in [3.63, 3.8) is 0 Å². The van der Waals surface area contributed by atoms with Crippen molar-refractivity contribution in [3.05, 3.63) is 41.2 Å². The minimum absolute atomic E-state index is 0.0174. The average molecular weight is 364 g/mol. The Kier molecular flexibility index (Phi) is 6.59. The van der Waals surface area contributed by atoms with Gasteiger partial charge in [0.15, 0.2) is 5.13 Å². The van der Waals surface area contributed by atoms with Gasteiger partial charge in [-0.2, -0.15) is 0 Å². The van der Waals surface area contributed by atoms with Gasteiger partial charge in [-0.1, -0.05) is 6.07 Å². The molecule has 0 bridgehead atoms. The maximum atomic E-state index is 12.0. The van der Waals surface area contributed by atoms with Crippen molar-refractivity contribution in [2.45, 2.75) is 12.3 Å². The van der Waals surface area contributed by atoms with Crippen LogP contribution in [0.1, 0.15) is 11.3 Å². The van der Waals surface area contributed by atoms with Crippen molar-refractivity contribution in [2.75, 3.05) is 37.4 Å². The van der Waals surface area contributed by atoms with Crippen LogP contribution in [-0.4, -0.2) is 52.8 Å². The summed E-state index contributed by atoms with van der Waals surface area (Å²) in [6, 6.07) is 3.91. The van der Waals surface area contributed by atoms with Gasteiger partial charge in [0.2, 0.25) is 5.91 Å². The summed E-state index contributed by atoms with van der Waals surface area (Å²) in [5, 5.41) is 5.55. The van der Waals surface area contributed by atoms with Crippen molar-refractivity contribution >= 4 is 34.1 Å². The maximum absolute atomic E-state index is 12.0. The number of thiazole rings is 1. The number of morpholine rings is 1. The van der Waals surface area contributed by atoms with Gasteiger partial charge in [0.05, 0.1) is 24.7 Å². The maximum Gasteiger partial charge on any atom is 0.236 e. The van der Waals surface area contributed by atoms with Crippen LogP contribution in [0.25, 0.3) is 0 Å². The summed E-state index contributed by atoms with van der Waals surface area (Å²) in [6.45, 7) is 4.24. The zero-order chi connectivity index (χ0) is 16.6. The third kappa shape index (κ3) is 5.55. The molecule has 2 aromatic heterocycles. The quantitative estimate of drug-likeness (QED) is 0.813. The summed E-state index contributed by atoms with van der Waals surface area (Å²) >= 11 is 3.05. The molecule has 3 heterocycles. The number of nitrogens with one attached hydrogen (secondary N) is 1. The van der Waals surface area contributed by atoms with E-state index < -0.39 is 0 Å². The number of aromatic nitrogens is 2. The average Bonchev–Trinajstić information content (AvgIpc) is 3.03. The molecule has 1 fully saturated rings. The lowest BCUT2D eigenvalue weighted by Gasteiger charge is -2.25. The molecule has 0 aromatic carbocycles. The number of carbonyl (C=O) groups excluding carboxylic acids is 1. The minimum atomic E-state index is -0.0174. The van der Waals surface area contributed by atoms with Crippen LogP contribution in [0.5, 0.6) is 0 Å². The van der Waals surface area contributed by atoms with Gasteiger partial charge in [-0.05, 0) is 11.6 Å². The summed E-state index contributed by atoms with van der Waals surface area (Å²) in [7, 11) is 0. The molecule has 1 N–H and O–H groups in total. The third-order valence-electron chi connectivity index (χ3n) is 3.51. The van der Waals surface area contributed by atoms with E-state index in [0.717, 1.165) is 49.9 Å². The topological polar surface area (TPSA) is 67.4 Å². The normalized spacial score (nSPS) is 15.3. The Morgan fingerprint density at radius 3 is 3.08 bits per heavy atom. The Balaban J connectivity index is 1.40. The summed E-state index contributed by atoms with van der Waals surface area (Å²) in [5.41, 5.74) is 2.12. The van der Waals surface area contributed by atoms with E-state index in [9.17, 15) is 4.79 Å². The molecule has 0 saturated carbocycles. The van der Waals surface area contributed by atoms with E-state index in [1.807, 2.05) is 23.7 Å². The number of hydrogen-bond donors (Lipinski definition) is 1. The van der Waals surface area contributed by atoms with Crippen molar-refractivity contribution in [1.82, 2.24) is 14.9 Å². The first-order chi connectivity index (χ1) is 11.8. The number of pyridine rings is 1. The summed E-state index contributed by atoms with van der Waals surface area (Å²) in [6.07, 6.45) is 3.57. The molecule has 2 aromatic rings. The van der Waals surface area contributed by atoms with Crippen molar-refractivity contribution in [1.29, 1.82) is 0 Å². The van der Waals surface area contributed by atoms with Gasteiger partial charge in [-0.25, -0.2) is 4.98 Å². The van der Waals surface area contributed by atoms with Crippen LogP contribution < -0.4 is 5.32 Å². The smallest absolute Gasteiger partial charge is 0.236 e. The molecule has 24 heavy (non-hydrogen) atoms. The van der Waals surface area contributed by atoms with E-state index in [1.165, 1.54) is 11.3 Å². The molecule has 128 valence electrons. The molecule has 1 aliphatic rings. The largest absolute Gasteiger partial charge is 0.379 e. The van der Waals surface area contributed by atoms with Crippen molar-refractivity contribution in [3.8, 4) is 0 Å². The molecule has 3 rings (SSSR count). The molecular weight excluding hydrogens is 344 g/mol. The van der Waals surface area contributed by atoms with E-state index in [1.54, 1.807) is 18.0 Å². The van der Waals surface area contributed by atoms with Crippen LogP contribution in [0.2, 0.25) is 0 Å². The van der Waals surface area contributed by atoms with Gasteiger partial charge >= 0.3 is 0 Å². The molecule has 6 nitrogen and oxygen atoms in total. The Bertz CT molecular complexity index is 645. The van der Waals surface area contributed by atoms with Gasteiger partial charge in [-0.15, -0.1) is 23.1 Å². The third-order valence-corrected chi connectivity index (χ3v) is 5.32. The van der Waals surface area contributed by atoms with Crippen LogP contribution in [0.3, 0.4) is 0 Å². The van der Waals surface area contributed by atoms with Crippen LogP contribution >= 0.6 is 23.1 Å². The van der Waals surface area contributed by atoms with Gasteiger partial charge in [-0.3, -0.25) is 14.7 Å². The standard InChI is InChI=1S/C16H20N4O2S2/c21-15(12-23-10-13-2-1-3-17-8-13)19-16-18-14(11-24-16)9-20-4-6-22-7-5-20/h1-3,8,11H,4-7,9-10,12H2,(H,18,19,21). The fourth-order valence-corrected chi connectivity index (χ4v) is 3.81. The molecule has 0 spiro atoms. The molecule has 0 atom stereocenters.